The van der Waals surface area contributed by atoms with Gasteiger partial charge < -0.3 is 0 Å². The number of hydrogen-bond acceptors (Lipinski definition) is 4. The molecule has 12 aromatic rings. The van der Waals surface area contributed by atoms with E-state index in [1.54, 1.807) is 0 Å². The molecule has 0 spiro atoms. The maximum Gasteiger partial charge on any atom is 2.00 e. The molecule has 452 valence electrons. The Balaban J connectivity index is 0.000000174. The average Bonchev–Trinajstić information content (AvgIpc) is 1.57. The molecule has 4 nitrogen and oxygen atoms in total. The topological polar surface area (TPSA) is 51.6 Å². The van der Waals surface area contributed by atoms with Crippen LogP contribution in [-0.2, 0) is 53.6 Å². The van der Waals surface area contributed by atoms with Crippen LogP contribution in [0.3, 0.4) is 0 Å². The standard InChI is InChI=1S/C43H40N2.C43H38N2.Pt/c2*1-41(2,3)31-25-21-29(22-26-31)37-17-11-19-39(44-37)43(35-15-9-7-13-33(35)34-14-8-10-16-36(34)43)40-20-12-18-38(45-40)30-23-27-32(28-24-30)42(4,5)6;/h7-28H,1-6H3;7-21,23,25-28H,1-6H3;/q;-2;+2. The SMILES string of the molecule is CC(C)(C)c1c[c-]c(-c2cccc(C3(c4cccc(-c5[c-]cc(C(C)(C)C)cc5)n4)c4ccccc4-c4ccccc43)n2)cc1.CC(C)(C)c1ccc(-c2cccc(C3(c4cccc(-c5ccc(C(C)(C)C)cc5)n4)c4ccccc4-c4ccccc43)n2)cc1.[Pt+2]. The Hall–Kier alpha value is -8.95. The Morgan fingerprint density at radius 1 is 0.253 bits per heavy atom. The molecule has 4 aromatic heterocycles. The van der Waals surface area contributed by atoms with Gasteiger partial charge in [-0.3, -0.25) is 19.9 Å². The van der Waals surface area contributed by atoms with Crippen molar-refractivity contribution in [3.05, 3.63) is 334 Å². The van der Waals surface area contributed by atoms with E-state index in [2.05, 4.69) is 350 Å². The van der Waals surface area contributed by atoms with Crippen molar-refractivity contribution in [2.45, 2.75) is 116 Å². The molecule has 0 bridgehead atoms. The molecular weight excluding hydrogens is 1280 g/mol. The Kier molecular flexibility index (Phi) is 16.4. The maximum absolute atomic E-state index is 5.46. The van der Waals surface area contributed by atoms with Crippen LogP contribution in [0.15, 0.2) is 255 Å². The third-order valence-corrected chi connectivity index (χ3v) is 18.4. The van der Waals surface area contributed by atoms with Gasteiger partial charge in [-0.1, -0.05) is 265 Å². The zero-order valence-corrected chi connectivity index (χ0v) is 56.6. The summed E-state index contributed by atoms with van der Waals surface area (Å²) in [6.07, 6.45) is 0. The summed E-state index contributed by atoms with van der Waals surface area (Å²) in [5.41, 5.74) is 25.6. The second-order valence-corrected chi connectivity index (χ2v) is 28.5. The van der Waals surface area contributed by atoms with E-state index in [0.717, 1.165) is 67.8 Å². The van der Waals surface area contributed by atoms with Crippen LogP contribution >= 0.6 is 0 Å². The van der Waals surface area contributed by atoms with Gasteiger partial charge in [-0.2, -0.15) is 0 Å². The minimum atomic E-state index is -0.699. The van der Waals surface area contributed by atoms with Gasteiger partial charge in [0.25, 0.3) is 0 Å². The van der Waals surface area contributed by atoms with Crippen molar-refractivity contribution in [3.63, 3.8) is 0 Å². The van der Waals surface area contributed by atoms with E-state index in [0.29, 0.717) is 0 Å². The zero-order valence-electron chi connectivity index (χ0n) is 54.4. The normalized spacial score (nSPS) is 13.6. The summed E-state index contributed by atoms with van der Waals surface area (Å²) in [4.78, 5) is 21.8. The van der Waals surface area contributed by atoms with E-state index in [-0.39, 0.29) is 42.7 Å². The predicted octanol–water partition coefficient (Wildman–Crippen LogP) is 21.1. The van der Waals surface area contributed by atoms with Crippen molar-refractivity contribution in [1.82, 2.24) is 19.9 Å². The van der Waals surface area contributed by atoms with E-state index < -0.39 is 10.8 Å². The van der Waals surface area contributed by atoms with Crippen LogP contribution in [0.1, 0.15) is 150 Å². The van der Waals surface area contributed by atoms with Crippen LogP contribution < -0.4 is 0 Å². The largest absolute Gasteiger partial charge is 2.00 e. The van der Waals surface area contributed by atoms with Gasteiger partial charge in [0.15, 0.2) is 0 Å². The fourth-order valence-electron chi connectivity index (χ4n) is 13.4. The van der Waals surface area contributed by atoms with Crippen molar-refractivity contribution in [2.75, 3.05) is 0 Å². The molecule has 2 aliphatic carbocycles. The fourth-order valence-corrected chi connectivity index (χ4v) is 13.4. The van der Waals surface area contributed by atoms with Gasteiger partial charge in [0.1, 0.15) is 10.8 Å². The van der Waals surface area contributed by atoms with Gasteiger partial charge in [0.2, 0.25) is 0 Å². The van der Waals surface area contributed by atoms with E-state index in [1.807, 2.05) is 0 Å². The molecule has 8 aromatic carbocycles. The summed E-state index contributed by atoms with van der Waals surface area (Å²) in [7, 11) is 0. The molecule has 0 aliphatic heterocycles. The van der Waals surface area contributed by atoms with E-state index >= 15 is 0 Å². The molecule has 2 aliphatic rings. The quantitative estimate of drug-likeness (QED) is 0.142. The number of rotatable bonds is 8. The number of nitrogens with zero attached hydrogens (tertiary/aromatic N) is 4. The number of benzene rings is 8. The summed E-state index contributed by atoms with van der Waals surface area (Å²) >= 11 is 0. The first-order chi connectivity index (χ1) is 43.1. The molecule has 14 rings (SSSR count). The van der Waals surface area contributed by atoms with Crippen LogP contribution in [0.25, 0.3) is 67.3 Å². The summed E-state index contributed by atoms with van der Waals surface area (Å²) in [6, 6.07) is 98.3. The summed E-state index contributed by atoms with van der Waals surface area (Å²) in [6.45, 7) is 26.9. The molecule has 0 atom stereocenters. The van der Waals surface area contributed by atoms with Crippen LogP contribution in [0.2, 0.25) is 0 Å². The molecule has 0 unspecified atom stereocenters. The van der Waals surface area contributed by atoms with Crippen molar-refractivity contribution < 1.29 is 21.1 Å². The minimum absolute atomic E-state index is 0. The number of hydrogen-bond donors (Lipinski definition) is 0. The van der Waals surface area contributed by atoms with Crippen LogP contribution in [-0.4, -0.2) is 19.9 Å². The zero-order chi connectivity index (χ0) is 62.8. The van der Waals surface area contributed by atoms with Gasteiger partial charge in [-0.05, 0) is 125 Å². The van der Waals surface area contributed by atoms with Crippen molar-refractivity contribution >= 4 is 0 Å². The first kappa shape index (κ1) is 62.3. The Morgan fingerprint density at radius 3 is 0.769 bits per heavy atom. The fraction of sp³-hybridized carbons (Fsp3) is 0.209. The molecule has 91 heavy (non-hydrogen) atoms. The van der Waals surface area contributed by atoms with Gasteiger partial charge in [-0.25, -0.2) is 0 Å². The third-order valence-electron chi connectivity index (χ3n) is 18.4. The number of pyridine rings is 4. The summed E-state index contributed by atoms with van der Waals surface area (Å²) in [5.74, 6) is 0. The smallest absolute Gasteiger partial charge is 0.300 e. The average molecular weight is 1360 g/mol. The molecule has 4 heterocycles. The van der Waals surface area contributed by atoms with Gasteiger partial charge in [-0.15, -0.1) is 70.8 Å². The Labute approximate surface area is 554 Å². The van der Waals surface area contributed by atoms with Crippen LogP contribution in [0.5, 0.6) is 0 Å². The van der Waals surface area contributed by atoms with Crippen molar-refractivity contribution in [1.29, 1.82) is 0 Å². The molecule has 0 N–H and O–H groups in total. The molecule has 5 heteroatoms. The monoisotopic (exact) mass is 1360 g/mol. The van der Waals surface area contributed by atoms with Crippen molar-refractivity contribution in [3.8, 4) is 67.3 Å². The van der Waals surface area contributed by atoms with E-state index in [4.69, 9.17) is 19.9 Å². The van der Waals surface area contributed by atoms with E-state index in [9.17, 15) is 0 Å². The van der Waals surface area contributed by atoms with Crippen LogP contribution in [0.4, 0.5) is 0 Å². The summed E-state index contributed by atoms with van der Waals surface area (Å²) < 4.78 is 0. The maximum atomic E-state index is 5.46. The number of aromatic nitrogens is 4. The Bertz CT molecular complexity index is 4010. The van der Waals surface area contributed by atoms with Gasteiger partial charge in [0, 0.05) is 11.1 Å². The Morgan fingerprint density at radius 2 is 0.505 bits per heavy atom. The first-order valence-corrected chi connectivity index (χ1v) is 31.7. The first-order valence-electron chi connectivity index (χ1n) is 31.7. The second-order valence-electron chi connectivity index (χ2n) is 28.5. The minimum Gasteiger partial charge on any atom is -0.300 e. The summed E-state index contributed by atoms with van der Waals surface area (Å²) in [5, 5.41) is 0. The van der Waals surface area contributed by atoms with Crippen molar-refractivity contribution in [2.24, 2.45) is 0 Å². The third kappa shape index (κ3) is 11.4. The molecule has 0 saturated heterocycles. The molecular formula is C86H78N4Pt. The molecule has 0 fully saturated rings. The molecule has 0 saturated carbocycles. The number of fused-ring (bicyclic) bond motifs is 6. The second kappa shape index (κ2) is 24.0. The van der Waals surface area contributed by atoms with Gasteiger partial charge >= 0.3 is 21.1 Å². The van der Waals surface area contributed by atoms with E-state index in [1.165, 1.54) is 66.8 Å². The molecule has 0 amide bonds. The van der Waals surface area contributed by atoms with Gasteiger partial charge in [0.05, 0.1) is 34.2 Å². The van der Waals surface area contributed by atoms with Crippen LogP contribution in [0, 0.1) is 12.1 Å². The predicted molar refractivity (Wildman–Crippen MR) is 373 cm³/mol. The molecule has 0 radical (unpaired) electrons.